The highest BCUT2D eigenvalue weighted by Gasteiger charge is 2.08. The Morgan fingerprint density at radius 3 is 2.33 bits per heavy atom. The van der Waals surface area contributed by atoms with E-state index in [2.05, 4.69) is 5.32 Å². The fourth-order valence-electron chi connectivity index (χ4n) is 2.38. The van der Waals surface area contributed by atoms with Crippen molar-refractivity contribution >= 4 is 23.2 Å². The van der Waals surface area contributed by atoms with Gasteiger partial charge in [0.25, 0.3) is 5.91 Å². The SMILES string of the molecule is COc1ccc(Cl)c(-c2ccc(NC(=O)c3ccccc3)cc2)c1. The zero-order valence-electron chi connectivity index (χ0n) is 13.1. The number of rotatable bonds is 4. The van der Waals surface area contributed by atoms with E-state index in [1.807, 2.05) is 54.6 Å². The van der Waals surface area contributed by atoms with Crippen LogP contribution in [0.2, 0.25) is 5.02 Å². The molecule has 1 N–H and O–H groups in total. The third kappa shape index (κ3) is 3.58. The fourth-order valence-corrected chi connectivity index (χ4v) is 2.61. The summed E-state index contributed by atoms with van der Waals surface area (Å²) in [4.78, 5) is 12.2. The molecule has 0 atom stereocenters. The van der Waals surface area contributed by atoms with Gasteiger partial charge < -0.3 is 10.1 Å². The Bertz CT molecular complexity index is 845. The average Bonchev–Trinajstić information content (AvgIpc) is 2.63. The summed E-state index contributed by atoms with van der Waals surface area (Å²) in [6.45, 7) is 0. The molecule has 0 aliphatic carbocycles. The van der Waals surface area contributed by atoms with Crippen LogP contribution in [0.25, 0.3) is 11.1 Å². The second kappa shape index (κ2) is 7.20. The van der Waals surface area contributed by atoms with Gasteiger partial charge in [-0.2, -0.15) is 0 Å². The van der Waals surface area contributed by atoms with Crippen LogP contribution in [-0.2, 0) is 0 Å². The van der Waals surface area contributed by atoms with Crippen LogP contribution in [0.5, 0.6) is 5.75 Å². The van der Waals surface area contributed by atoms with Crippen LogP contribution in [0.1, 0.15) is 10.4 Å². The van der Waals surface area contributed by atoms with Crippen molar-refractivity contribution in [1.29, 1.82) is 0 Å². The Morgan fingerprint density at radius 1 is 0.958 bits per heavy atom. The number of ether oxygens (including phenoxy) is 1. The predicted octanol–water partition coefficient (Wildman–Crippen LogP) is 5.27. The van der Waals surface area contributed by atoms with Crippen molar-refractivity contribution < 1.29 is 9.53 Å². The first kappa shape index (κ1) is 16.1. The van der Waals surface area contributed by atoms with Crippen molar-refractivity contribution in [1.82, 2.24) is 0 Å². The molecule has 0 heterocycles. The molecule has 4 heteroatoms. The van der Waals surface area contributed by atoms with Crippen molar-refractivity contribution in [3.8, 4) is 16.9 Å². The summed E-state index contributed by atoms with van der Waals surface area (Å²) in [6.07, 6.45) is 0. The Kier molecular flexibility index (Phi) is 4.82. The lowest BCUT2D eigenvalue weighted by Crippen LogP contribution is -2.11. The van der Waals surface area contributed by atoms with Crippen molar-refractivity contribution in [2.45, 2.75) is 0 Å². The van der Waals surface area contributed by atoms with E-state index in [4.69, 9.17) is 16.3 Å². The topological polar surface area (TPSA) is 38.3 Å². The largest absolute Gasteiger partial charge is 0.497 e. The lowest BCUT2D eigenvalue weighted by atomic mass is 10.0. The number of hydrogen-bond acceptors (Lipinski definition) is 2. The minimum absolute atomic E-state index is 0.136. The van der Waals surface area contributed by atoms with Gasteiger partial charge in [0.1, 0.15) is 5.75 Å². The first-order valence-electron chi connectivity index (χ1n) is 7.48. The summed E-state index contributed by atoms with van der Waals surface area (Å²) < 4.78 is 5.24. The molecule has 3 aromatic carbocycles. The lowest BCUT2D eigenvalue weighted by molar-refractivity contribution is 0.102. The Hall–Kier alpha value is -2.78. The minimum Gasteiger partial charge on any atom is -0.497 e. The molecule has 1 amide bonds. The Labute approximate surface area is 145 Å². The lowest BCUT2D eigenvalue weighted by Gasteiger charge is -2.09. The molecular formula is C20H16ClNO2. The normalized spacial score (nSPS) is 10.2. The standard InChI is InChI=1S/C20H16ClNO2/c1-24-17-11-12-19(21)18(13-17)14-7-9-16(10-8-14)22-20(23)15-5-3-2-4-6-15/h2-13H,1H3,(H,22,23). The van der Waals surface area contributed by atoms with Crippen molar-refractivity contribution in [3.63, 3.8) is 0 Å². The fraction of sp³-hybridized carbons (Fsp3) is 0.0500. The summed E-state index contributed by atoms with van der Waals surface area (Å²) in [5, 5.41) is 3.53. The minimum atomic E-state index is -0.136. The van der Waals surface area contributed by atoms with Gasteiger partial charge in [0, 0.05) is 21.8 Å². The number of carbonyl (C=O) groups is 1. The van der Waals surface area contributed by atoms with Gasteiger partial charge in [-0.1, -0.05) is 41.9 Å². The maximum atomic E-state index is 12.2. The smallest absolute Gasteiger partial charge is 0.255 e. The highest BCUT2D eigenvalue weighted by molar-refractivity contribution is 6.33. The van der Waals surface area contributed by atoms with Gasteiger partial charge in [-0.3, -0.25) is 4.79 Å². The molecular weight excluding hydrogens is 322 g/mol. The summed E-state index contributed by atoms with van der Waals surface area (Å²) >= 11 is 6.27. The molecule has 120 valence electrons. The van der Waals surface area contributed by atoms with Gasteiger partial charge in [0.05, 0.1) is 7.11 Å². The molecule has 3 nitrogen and oxygen atoms in total. The quantitative estimate of drug-likeness (QED) is 0.704. The van der Waals surface area contributed by atoms with E-state index < -0.39 is 0 Å². The van der Waals surface area contributed by atoms with Crippen LogP contribution >= 0.6 is 11.6 Å². The molecule has 0 unspecified atom stereocenters. The van der Waals surface area contributed by atoms with Gasteiger partial charge >= 0.3 is 0 Å². The van der Waals surface area contributed by atoms with E-state index in [-0.39, 0.29) is 5.91 Å². The second-order valence-electron chi connectivity index (χ2n) is 5.24. The van der Waals surface area contributed by atoms with Gasteiger partial charge in [0.15, 0.2) is 0 Å². The molecule has 0 saturated heterocycles. The third-order valence-electron chi connectivity index (χ3n) is 3.66. The first-order valence-corrected chi connectivity index (χ1v) is 7.85. The molecule has 0 bridgehead atoms. The van der Waals surface area contributed by atoms with Gasteiger partial charge in [0.2, 0.25) is 0 Å². The maximum absolute atomic E-state index is 12.2. The number of carbonyl (C=O) groups excluding carboxylic acids is 1. The van der Waals surface area contributed by atoms with E-state index in [9.17, 15) is 4.79 Å². The predicted molar refractivity (Wildman–Crippen MR) is 97.8 cm³/mol. The molecule has 24 heavy (non-hydrogen) atoms. The van der Waals surface area contributed by atoms with Crippen LogP contribution in [0.15, 0.2) is 72.8 Å². The molecule has 3 aromatic rings. The second-order valence-corrected chi connectivity index (χ2v) is 5.65. The van der Waals surface area contributed by atoms with Crippen LogP contribution < -0.4 is 10.1 Å². The van der Waals surface area contributed by atoms with Crippen molar-refractivity contribution in [2.24, 2.45) is 0 Å². The van der Waals surface area contributed by atoms with E-state index in [1.165, 1.54) is 0 Å². The molecule has 3 rings (SSSR count). The number of anilines is 1. The number of hydrogen-bond donors (Lipinski definition) is 1. The summed E-state index contributed by atoms with van der Waals surface area (Å²) in [5.41, 5.74) is 3.19. The van der Waals surface area contributed by atoms with E-state index in [0.29, 0.717) is 10.6 Å². The third-order valence-corrected chi connectivity index (χ3v) is 3.99. The number of halogens is 1. The van der Waals surface area contributed by atoms with Gasteiger partial charge in [-0.25, -0.2) is 0 Å². The van der Waals surface area contributed by atoms with Gasteiger partial charge in [-0.15, -0.1) is 0 Å². The van der Waals surface area contributed by atoms with Crippen molar-refractivity contribution in [2.75, 3.05) is 12.4 Å². The first-order chi connectivity index (χ1) is 11.7. The number of methoxy groups -OCH3 is 1. The van der Waals surface area contributed by atoms with E-state index >= 15 is 0 Å². The number of benzene rings is 3. The monoisotopic (exact) mass is 337 g/mol. The maximum Gasteiger partial charge on any atom is 0.255 e. The highest BCUT2D eigenvalue weighted by atomic mass is 35.5. The number of nitrogens with one attached hydrogen (secondary N) is 1. The highest BCUT2D eigenvalue weighted by Crippen LogP contribution is 2.32. The molecule has 0 radical (unpaired) electrons. The molecule has 0 aliphatic rings. The van der Waals surface area contributed by atoms with E-state index in [0.717, 1.165) is 22.6 Å². The Morgan fingerprint density at radius 2 is 1.67 bits per heavy atom. The summed E-state index contributed by atoms with van der Waals surface area (Å²) in [7, 11) is 1.62. The zero-order chi connectivity index (χ0) is 16.9. The summed E-state index contributed by atoms with van der Waals surface area (Å²) in [5.74, 6) is 0.610. The van der Waals surface area contributed by atoms with Crippen LogP contribution in [0.3, 0.4) is 0 Å². The molecule has 0 saturated carbocycles. The molecule has 0 aliphatic heterocycles. The zero-order valence-corrected chi connectivity index (χ0v) is 13.9. The average molecular weight is 338 g/mol. The van der Waals surface area contributed by atoms with E-state index in [1.54, 1.807) is 25.3 Å². The molecule has 0 fully saturated rings. The number of amides is 1. The van der Waals surface area contributed by atoms with Crippen LogP contribution in [0, 0.1) is 0 Å². The molecule has 0 aromatic heterocycles. The Balaban J connectivity index is 1.80. The van der Waals surface area contributed by atoms with Crippen molar-refractivity contribution in [3.05, 3.63) is 83.4 Å². The van der Waals surface area contributed by atoms with Gasteiger partial charge in [-0.05, 0) is 48.0 Å². The van der Waals surface area contributed by atoms with Crippen LogP contribution in [-0.4, -0.2) is 13.0 Å². The molecule has 0 spiro atoms. The van der Waals surface area contributed by atoms with Crippen LogP contribution in [0.4, 0.5) is 5.69 Å². The summed E-state index contributed by atoms with van der Waals surface area (Å²) in [6, 6.07) is 22.2.